The van der Waals surface area contributed by atoms with Crippen LogP contribution in [0.5, 0.6) is 11.5 Å². The molecule has 0 aliphatic carbocycles. The molecule has 27 heavy (non-hydrogen) atoms. The van der Waals surface area contributed by atoms with Crippen LogP contribution < -0.4 is 20.9 Å². The number of aliphatic hydroxyl groups is 1. The second kappa shape index (κ2) is 7.91. The molecule has 5 N–H and O–H groups in total. The van der Waals surface area contributed by atoms with Crippen LogP contribution in [-0.2, 0) is 5.60 Å². The lowest BCUT2D eigenvalue weighted by atomic mass is 9.80. The molecule has 0 aliphatic rings. The maximum atomic E-state index is 12.6. The second-order valence-corrected chi connectivity index (χ2v) is 6.16. The maximum Gasteiger partial charge on any atom is 0.387 e. The smallest absolute Gasteiger partial charge is 0.387 e. The van der Waals surface area contributed by atoms with Crippen LogP contribution in [0.15, 0.2) is 42.2 Å². The number of rotatable bonds is 7. The number of alkyl halides is 4. The number of nitrogens with two attached hydrogens (primary N) is 2. The molecule has 0 heterocycles. The van der Waals surface area contributed by atoms with Crippen molar-refractivity contribution in [2.45, 2.75) is 32.7 Å². The number of hydrogen-bond acceptors (Lipinski definition) is 5. The first kappa shape index (κ1) is 20.6. The van der Waals surface area contributed by atoms with Gasteiger partial charge in [0.25, 0.3) is 0 Å². The zero-order valence-corrected chi connectivity index (χ0v) is 14.6. The first-order chi connectivity index (χ1) is 12.6. The highest BCUT2D eigenvalue weighted by molar-refractivity contribution is 5.87. The lowest BCUT2D eigenvalue weighted by Gasteiger charge is -2.33. The van der Waals surface area contributed by atoms with Gasteiger partial charge in [-0.15, -0.1) is 0 Å². The molecule has 0 saturated carbocycles. The molecule has 0 fully saturated rings. The van der Waals surface area contributed by atoms with Gasteiger partial charge >= 0.3 is 13.2 Å². The Labute approximate surface area is 153 Å². The molecule has 9 heteroatoms. The molecular weight excluding hydrogens is 368 g/mol. The number of ether oxygens (including phenoxy) is 2. The molecule has 1 atom stereocenters. The summed E-state index contributed by atoms with van der Waals surface area (Å²) in [6.07, 6.45) is 1.08. The van der Waals surface area contributed by atoms with Gasteiger partial charge in [0.1, 0.15) is 5.60 Å². The zero-order chi connectivity index (χ0) is 20.4. The van der Waals surface area contributed by atoms with Gasteiger partial charge < -0.3 is 26.0 Å². The maximum absolute atomic E-state index is 12.6. The van der Waals surface area contributed by atoms with Gasteiger partial charge in [0.15, 0.2) is 11.5 Å². The predicted molar refractivity (Wildman–Crippen MR) is 92.4 cm³/mol. The monoisotopic (exact) mass is 388 g/mol. The third kappa shape index (κ3) is 4.19. The molecule has 0 aliphatic heterocycles. The van der Waals surface area contributed by atoms with Crippen molar-refractivity contribution < 1.29 is 32.1 Å². The van der Waals surface area contributed by atoms with E-state index >= 15 is 0 Å². The molecule has 0 saturated heterocycles. The minimum absolute atomic E-state index is 0.0126. The van der Waals surface area contributed by atoms with E-state index in [1.54, 1.807) is 19.9 Å². The summed E-state index contributed by atoms with van der Waals surface area (Å²) in [5.41, 5.74) is 10.1. The van der Waals surface area contributed by atoms with Crippen LogP contribution >= 0.6 is 0 Å². The highest BCUT2D eigenvalue weighted by atomic mass is 19.3. The van der Waals surface area contributed by atoms with E-state index in [0.717, 1.165) is 18.3 Å². The summed E-state index contributed by atoms with van der Waals surface area (Å²) in [4.78, 5) is 0. The lowest BCUT2D eigenvalue weighted by molar-refractivity contribution is -0.0690. The second-order valence-electron chi connectivity index (χ2n) is 6.16. The summed E-state index contributed by atoms with van der Waals surface area (Å²) in [5, 5.41) is 11.8. The topological polar surface area (TPSA) is 90.7 Å². The van der Waals surface area contributed by atoms with Gasteiger partial charge in [-0.25, -0.2) is 0 Å². The van der Waals surface area contributed by atoms with Gasteiger partial charge in [-0.05, 0) is 40.5 Å². The van der Waals surface area contributed by atoms with E-state index in [-0.39, 0.29) is 11.6 Å². The van der Waals surface area contributed by atoms with Crippen LogP contribution in [0.3, 0.4) is 0 Å². The molecule has 0 aromatic heterocycles. The Morgan fingerprint density at radius 3 is 1.96 bits per heavy atom. The summed E-state index contributed by atoms with van der Waals surface area (Å²) in [6, 6.07) is 6.84. The fourth-order valence-corrected chi connectivity index (χ4v) is 2.83. The average Bonchev–Trinajstić information content (AvgIpc) is 2.59. The molecule has 0 radical (unpaired) electrons. The van der Waals surface area contributed by atoms with Gasteiger partial charge in [0.2, 0.25) is 0 Å². The van der Waals surface area contributed by atoms with Crippen LogP contribution in [0, 0.1) is 5.92 Å². The summed E-state index contributed by atoms with van der Waals surface area (Å²) in [7, 11) is 0. The summed E-state index contributed by atoms with van der Waals surface area (Å²) < 4.78 is 58.9. The standard InChI is InChI=1S/C18H20F4N2O3/c1-9(2)18(25,15(24)8-23)12-4-3-10-6-13(26-16(19)20)14(27-17(21)22)7-11(10)5-12/h3-9,16-17,25H,23-24H2,1-2H3/b15-8-. The van der Waals surface area contributed by atoms with E-state index in [0.29, 0.717) is 16.3 Å². The predicted octanol–water partition coefficient (Wildman–Crippen LogP) is 3.65. The molecule has 0 amide bonds. The van der Waals surface area contributed by atoms with E-state index in [1.807, 2.05) is 0 Å². The molecular formula is C18H20F4N2O3. The van der Waals surface area contributed by atoms with Crippen LogP contribution in [0.25, 0.3) is 10.8 Å². The Morgan fingerprint density at radius 2 is 1.52 bits per heavy atom. The van der Waals surface area contributed by atoms with E-state index in [2.05, 4.69) is 9.47 Å². The van der Waals surface area contributed by atoms with Gasteiger partial charge in [-0.2, -0.15) is 17.6 Å². The van der Waals surface area contributed by atoms with Crippen molar-refractivity contribution in [1.82, 2.24) is 0 Å². The van der Waals surface area contributed by atoms with Gasteiger partial charge in [0, 0.05) is 6.20 Å². The minimum atomic E-state index is -3.23. The van der Waals surface area contributed by atoms with Crippen LogP contribution in [0.4, 0.5) is 17.6 Å². The summed E-state index contributed by atoms with van der Waals surface area (Å²) >= 11 is 0. The largest absolute Gasteiger partial charge is 0.431 e. The van der Waals surface area contributed by atoms with Crippen molar-refractivity contribution in [2.24, 2.45) is 17.4 Å². The van der Waals surface area contributed by atoms with Crippen LogP contribution in [0.1, 0.15) is 19.4 Å². The third-order valence-corrected chi connectivity index (χ3v) is 4.23. The molecule has 2 rings (SSSR count). The normalized spacial score (nSPS) is 14.8. The van der Waals surface area contributed by atoms with E-state index in [9.17, 15) is 22.7 Å². The number of benzene rings is 2. The van der Waals surface area contributed by atoms with E-state index < -0.39 is 30.3 Å². The molecule has 0 spiro atoms. The minimum Gasteiger partial charge on any atom is -0.431 e. The van der Waals surface area contributed by atoms with Crippen molar-refractivity contribution in [1.29, 1.82) is 0 Å². The Bertz CT molecular complexity index is 843. The zero-order valence-electron chi connectivity index (χ0n) is 14.6. The Morgan fingerprint density at radius 1 is 1.00 bits per heavy atom. The Balaban J connectivity index is 2.65. The Hall–Kier alpha value is -2.68. The van der Waals surface area contributed by atoms with Crippen molar-refractivity contribution in [2.75, 3.05) is 0 Å². The van der Waals surface area contributed by atoms with E-state index in [4.69, 9.17) is 11.5 Å². The first-order valence-corrected chi connectivity index (χ1v) is 7.97. The summed E-state index contributed by atoms with van der Waals surface area (Å²) in [6.45, 7) is -2.98. The molecule has 2 aromatic carbocycles. The number of halogens is 4. The van der Waals surface area contributed by atoms with Gasteiger partial charge in [-0.1, -0.05) is 26.0 Å². The highest BCUT2D eigenvalue weighted by Gasteiger charge is 2.36. The number of fused-ring (bicyclic) bond motifs is 1. The first-order valence-electron chi connectivity index (χ1n) is 7.97. The van der Waals surface area contributed by atoms with Gasteiger partial charge in [0.05, 0.1) is 5.70 Å². The van der Waals surface area contributed by atoms with Gasteiger partial charge in [-0.3, -0.25) is 0 Å². The van der Waals surface area contributed by atoms with Crippen molar-refractivity contribution >= 4 is 10.8 Å². The molecule has 148 valence electrons. The number of hydrogen-bond donors (Lipinski definition) is 3. The third-order valence-electron chi connectivity index (χ3n) is 4.23. The van der Waals surface area contributed by atoms with Crippen LogP contribution in [0.2, 0.25) is 0 Å². The van der Waals surface area contributed by atoms with Crippen LogP contribution in [-0.4, -0.2) is 18.3 Å². The van der Waals surface area contributed by atoms with Crippen molar-refractivity contribution in [3.05, 3.63) is 47.8 Å². The molecule has 0 bridgehead atoms. The highest BCUT2D eigenvalue weighted by Crippen LogP contribution is 2.39. The lowest BCUT2D eigenvalue weighted by Crippen LogP contribution is -2.38. The Kier molecular flexibility index (Phi) is 6.04. The van der Waals surface area contributed by atoms with Crippen molar-refractivity contribution in [3.63, 3.8) is 0 Å². The summed E-state index contributed by atoms with van der Waals surface area (Å²) in [5.74, 6) is -1.44. The molecule has 5 nitrogen and oxygen atoms in total. The van der Waals surface area contributed by atoms with E-state index in [1.165, 1.54) is 12.1 Å². The SMILES string of the molecule is CC(C)C(O)(/C(N)=C/N)c1ccc2cc(OC(F)F)c(OC(F)F)cc2c1. The molecule has 1 unspecified atom stereocenters. The fraction of sp³-hybridized carbons (Fsp3) is 0.333. The fourth-order valence-electron chi connectivity index (χ4n) is 2.83. The average molecular weight is 388 g/mol. The van der Waals surface area contributed by atoms with Crippen molar-refractivity contribution in [3.8, 4) is 11.5 Å². The molecule has 2 aromatic rings. The quantitative estimate of drug-likeness (QED) is 0.630.